The van der Waals surface area contributed by atoms with E-state index in [2.05, 4.69) is 15.3 Å². The number of carboxylic acids is 1. The number of ether oxygens (including phenoxy) is 2. The summed E-state index contributed by atoms with van der Waals surface area (Å²) in [6.07, 6.45) is 4.93. The van der Waals surface area contributed by atoms with E-state index in [9.17, 15) is 9.18 Å². The summed E-state index contributed by atoms with van der Waals surface area (Å²) in [6.45, 7) is 2.48. The van der Waals surface area contributed by atoms with Crippen LogP contribution in [0.15, 0.2) is 42.7 Å². The van der Waals surface area contributed by atoms with E-state index < -0.39 is 5.97 Å². The molecule has 170 valence electrons. The second-order valence-electron chi connectivity index (χ2n) is 7.57. The first-order valence-corrected chi connectivity index (χ1v) is 10.7. The number of aromatic nitrogens is 2. The SMILES string of the molecule is COc1cc2ncnc(NC(C)c3ccc(F)cc3)c2cc1OCCCCCCC(=O)O. The van der Waals surface area contributed by atoms with Gasteiger partial charge in [0.1, 0.15) is 18.0 Å². The topological polar surface area (TPSA) is 93.6 Å². The Bertz CT molecular complexity index is 1040. The van der Waals surface area contributed by atoms with Crippen molar-refractivity contribution in [2.75, 3.05) is 19.0 Å². The third-order valence-corrected chi connectivity index (χ3v) is 5.19. The molecular formula is C24H28FN3O4. The number of hydrogen-bond donors (Lipinski definition) is 2. The van der Waals surface area contributed by atoms with Gasteiger partial charge in [-0.3, -0.25) is 4.79 Å². The van der Waals surface area contributed by atoms with Crippen LogP contribution in [0, 0.1) is 5.82 Å². The third-order valence-electron chi connectivity index (χ3n) is 5.19. The number of benzene rings is 2. The second-order valence-corrected chi connectivity index (χ2v) is 7.57. The molecule has 1 atom stereocenters. The zero-order chi connectivity index (χ0) is 22.9. The highest BCUT2D eigenvalue weighted by Crippen LogP contribution is 2.35. The van der Waals surface area contributed by atoms with Crippen LogP contribution in [0.5, 0.6) is 11.5 Å². The number of halogens is 1. The molecule has 0 bridgehead atoms. The average Bonchev–Trinajstić information content (AvgIpc) is 2.78. The van der Waals surface area contributed by atoms with Crippen LogP contribution >= 0.6 is 0 Å². The number of hydrogen-bond acceptors (Lipinski definition) is 6. The summed E-state index contributed by atoms with van der Waals surface area (Å²) < 4.78 is 24.7. The van der Waals surface area contributed by atoms with E-state index >= 15 is 0 Å². The lowest BCUT2D eigenvalue weighted by Gasteiger charge is -2.17. The molecule has 3 aromatic rings. The Kier molecular flexibility index (Phi) is 8.19. The lowest BCUT2D eigenvalue weighted by molar-refractivity contribution is -0.137. The Hall–Kier alpha value is -3.42. The molecule has 0 spiro atoms. The molecule has 1 unspecified atom stereocenters. The fraction of sp³-hybridized carbons (Fsp3) is 0.375. The average molecular weight is 442 g/mol. The predicted molar refractivity (Wildman–Crippen MR) is 121 cm³/mol. The lowest BCUT2D eigenvalue weighted by atomic mass is 10.1. The van der Waals surface area contributed by atoms with Crippen LogP contribution in [0.3, 0.4) is 0 Å². The molecule has 3 rings (SSSR count). The number of methoxy groups -OCH3 is 1. The van der Waals surface area contributed by atoms with Crippen LogP contribution in [-0.4, -0.2) is 34.8 Å². The minimum atomic E-state index is -0.762. The number of fused-ring (bicyclic) bond motifs is 1. The summed E-state index contributed by atoms with van der Waals surface area (Å²) in [4.78, 5) is 19.3. The van der Waals surface area contributed by atoms with Crippen LogP contribution in [0.25, 0.3) is 10.9 Å². The van der Waals surface area contributed by atoms with Gasteiger partial charge in [-0.05, 0) is 43.5 Å². The number of carbonyl (C=O) groups is 1. The van der Waals surface area contributed by atoms with E-state index in [0.29, 0.717) is 35.9 Å². The monoisotopic (exact) mass is 441 g/mol. The minimum absolute atomic E-state index is 0.0917. The number of rotatable bonds is 12. The molecule has 0 fully saturated rings. The summed E-state index contributed by atoms with van der Waals surface area (Å²) in [7, 11) is 1.58. The fourth-order valence-corrected chi connectivity index (χ4v) is 3.41. The first kappa shape index (κ1) is 23.2. The second kappa shape index (κ2) is 11.3. The molecule has 0 amide bonds. The summed E-state index contributed by atoms with van der Waals surface area (Å²) in [5.74, 6) is 0.789. The number of unbranched alkanes of at least 4 members (excludes halogenated alkanes) is 3. The van der Waals surface area contributed by atoms with E-state index in [1.807, 2.05) is 19.1 Å². The molecule has 0 aliphatic heterocycles. The summed E-state index contributed by atoms with van der Waals surface area (Å²) in [5.41, 5.74) is 1.65. The number of nitrogens with zero attached hydrogens (tertiary/aromatic N) is 2. The van der Waals surface area contributed by atoms with Gasteiger partial charge in [0.15, 0.2) is 11.5 Å². The number of nitrogens with one attached hydrogen (secondary N) is 1. The number of carboxylic acid groups (broad SMARTS) is 1. The fourth-order valence-electron chi connectivity index (χ4n) is 3.41. The van der Waals surface area contributed by atoms with Gasteiger partial charge in [0.05, 0.1) is 19.2 Å². The standard InChI is InChI=1S/C24H28FN3O4/c1-16(17-8-10-18(25)11-9-17)28-24-19-13-22(21(31-2)14-20(19)26-15-27-24)32-12-6-4-3-5-7-23(29)30/h8-11,13-16H,3-7,12H2,1-2H3,(H,29,30)(H,26,27,28). The zero-order valence-corrected chi connectivity index (χ0v) is 18.3. The Morgan fingerprint density at radius 1 is 1.09 bits per heavy atom. The molecule has 0 radical (unpaired) electrons. The largest absolute Gasteiger partial charge is 0.493 e. The minimum Gasteiger partial charge on any atom is -0.493 e. The molecule has 7 nitrogen and oxygen atoms in total. The maximum atomic E-state index is 13.2. The maximum Gasteiger partial charge on any atom is 0.303 e. The number of anilines is 1. The molecule has 1 heterocycles. The Morgan fingerprint density at radius 2 is 1.84 bits per heavy atom. The first-order chi connectivity index (χ1) is 15.5. The van der Waals surface area contributed by atoms with Crippen molar-refractivity contribution in [3.63, 3.8) is 0 Å². The Morgan fingerprint density at radius 3 is 2.56 bits per heavy atom. The molecule has 0 aliphatic rings. The van der Waals surface area contributed by atoms with E-state index in [0.717, 1.165) is 30.2 Å². The van der Waals surface area contributed by atoms with Crippen molar-refractivity contribution >= 4 is 22.7 Å². The highest BCUT2D eigenvalue weighted by Gasteiger charge is 2.14. The smallest absolute Gasteiger partial charge is 0.303 e. The highest BCUT2D eigenvalue weighted by molar-refractivity contribution is 5.91. The van der Waals surface area contributed by atoms with Crippen molar-refractivity contribution in [2.45, 2.75) is 45.1 Å². The quantitative estimate of drug-likeness (QED) is 0.365. The molecule has 8 heteroatoms. The van der Waals surface area contributed by atoms with Gasteiger partial charge in [-0.1, -0.05) is 25.0 Å². The molecule has 1 aromatic heterocycles. The van der Waals surface area contributed by atoms with Crippen molar-refractivity contribution < 1.29 is 23.8 Å². The van der Waals surface area contributed by atoms with Gasteiger partial charge in [0.25, 0.3) is 0 Å². The van der Waals surface area contributed by atoms with Crippen molar-refractivity contribution in [3.8, 4) is 11.5 Å². The summed E-state index contributed by atoms with van der Waals surface area (Å²) >= 11 is 0. The van der Waals surface area contributed by atoms with Crippen LogP contribution in [-0.2, 0) is 4.79 Å². The molecule has 0 aliphatic carbocycles. The molecular weight excluding hydrogens is 413 g/mol. The van der Waals surface area contributed by atoms with Gasteiger partial charge in [-0.15, -0.1) is 0 Å². The van der Waals surface area contributed by atoms with Crippen LogP contribution < -0.4 is 14.8 Å². The molecule has 0 saturated heterocycles. The third kappa shape index (κ3) is 6.29. The zero-order valence-electron chi connectivity index (χ0n) is 18.3. The highest BCUT2D eigenvalue weighted by atomic mass is 19.1. The van der Waals surface area contributed by atoms with Gasteiger partial charge >= 0.3 is 5.97 Å². The van der Waals surface area contributed by atoms with Crippen molar-refractivity contribution in [3.05, 3.63) is 54.1 Å². The number of aliphatic carboxylic acids is 1. The van der Waals surface area contributed by atoms with E-state index in [4.69, 9.17) is 14.6 Å². The summed E-state index contributed by atoms with van der Waals surface area (Å²) in [6, 6.07) is 9.93. The van der Waals surface area contributed by atoms with E-state index in [1.165, 1.54) is 18.5 Å². The lowest BCUT2D eigenvalue weighted by Crippen LogP contribution is -2.09. The maximum absolute atomic E-state index is 13.2. The Balaban J connectivity index is 1.70. The van der Waals surface area contributed by atoms with Crippen LogP contribution in [0.4, 0.5) is 10.2 Å². The van der Waals surface area contributed by atoms with Gasteiger partial charge in [0, 0.05) is 23.9 Å². The summed E-state index contributed by atoms with van der Waals surface area (Å²) in [5, 5.41) is 12.9. The van der Waals surface area contributed by atoms with Crippen molar-refractivity contribution in [1.82, 2.24) is 9.97 Å². The van der Waals surface area contributed by atoms with Crippen molar-refractivity contribution in [1.29, 1.82) is 0 Å². The van der Waals surface area contributed by atoms with Gasteiger partial charge in [-0.2, -0.15) is 0 Å². The molecule has 2 N–H and O–H groups in total. The molecule has 2 aromatic carbocycles. The van der Waals surface area contributed by atoms with Crippen LogP contribution in [0.1, 0.15) is 50.6 Å². The van der Waals surface area contributed by atoms with Gasteiger partial charge in [0.2, 0.25) is 0 Å². The van der Waals surface area contributed by atoms with Gasteiger partial charge in [-0.25, -0.2) is 14.4 Å². The Labute approximate surface area is 186 Å². The molecule has 0 saturated carbocycles. The predicted octanol–water partition coefficient (Wildman–Crippen LogP) is 5.36. The van der Waals surface area contributed by atoms with Crippen LogP contribution in [0.2, 0.25) is 0 Å². The molecule has 32 heavy (non-hydrogen) atoms. The van der Waals surface area contributed by atoms with E-state index in [1.54, 1.807) is 19.2 Å². The van der Waals surface area contributed by atoms with Crippen molar-refractivity contribution in [2.24, 2.45) is 0 Å². The van der Waals surface area contributed by atoms with Gasteiger partial charge < -0.3 is 19.9 Å². The first-order valence-electron chi connectivity index (χ1n) is 10.7. The van der Waals surface area contributed by atoms with E-state index in [-0.39, 0.29) is 18.3 Å². The normalized spacial score (nSPS) is 11.8.